The quantitative estimate of drug-likeness (QED) is 0.197. The molecule has 0 saturated heterocycles. The van der Waals surface area contributed by atoms with E-state index in [9.17, 15) is 0 Å². The van der Waals surface area contributed by atoms with Crippen molar-refractivity contribution < 1.29 is 0 Å². The minimum atomic E-state index is 0.560. The van der Waals surface area contributed by atoms with Gasteiger partial charge in [-0.05, 0) is 38.5 Å². The zero-order chi connectivity index (χ0) is 13.7. The van der Waals surface area contributed by atoms with Gasteiger partial charge in [-0.3, -0.25) is 0 Å². The first-order valence-corrected chi connectivity index (χ1v) is 11.8. The van der Waals surface area contributed by atoms with E-state index in [2.05, 4.69) is 95.6 Å². The Labute approximate surface area is 161 Å². The molecule has 108 valence electrons. The standard InChI is InChI=1S/C12H18Br6/c13-7-1-2-8(14)10(16)5-6-12(18)11(17)4-3-9(7)15/h7-12H,1-6H2/t7-,8-,9+,10+,11-,12-/m1/s1/i1+1,2+1,3+1,4+1,5+1,6+1,7+1,8+1,9+1,10+1,11+1,12+1. The lowest BCUT2D eigenvalue weighted by molar-refractivity contribution is 0.557. The van der Waals surface area contributed by atoms with Crippen LogP contribution in [-0.4, -0.2) is 29.0 Å². The number of alkyl halides is 6. The molecule has 0 aromatic heterocycles. The number of halogens is 6. The fraction of sp³-hybridized carbons (Fsp3) is 1.00. The minimum Gasteiger partial charge on any atom is -0.0879 e. The largest absolute Gasteiger partial charge is 0.0879 e. The molecule has 1 aliphatic rings. The van der Waals surface area contributed by atoms with Gasteiger partial charge in [0.25, 0.3) is 0 Å². The highest BCUT2D eigenvalue weighted by Crippen LogP contribution is 2.34. The molecule has 0 heterocycles. The molecule has 0 aromatic rings. The smallest absolute Gasteiger partial charge is 0.0271 e. The highest BCUT2D eigenvalue weighted by atomic mass is 79.9. The zero-order valence-electron chi connectivity index (χ0n) is 9.97. The molecule has 1 fully saturated rings. The molecule has 1 saturated carbocycles. The van der Waals surface area contributed by atoms with Gasteiger partial charge >= 0.3 is 0 Å². The van der Waals surface area contributed by atoms with E-state index in [1.165, 1.54) is 38.5 Å². The average molecular weight is 654 g/mol. The third kappa shape index (κ3) is 6.76. The van der Waals surface area contributed by atoms with Crippen molar-refractivity contribution in [3.05, 3.63) is 0 Å². The predicted molar refractivity (Wildman–Crippen MR) is 104 cm³/mol. The topological polar surface area (TPSA) is 0 Å². The van der Waals surface area contributed by atoms with E-state index in [1.807, 2.05) is 0 Å². The van der Waals surface area contributed by atoms with Crippen molar-refractivity contribution in [3.63, 3.8) is 0 Å². The number of hydrogen-bond donors (Lipinski definition) is 0. The highest BCUT2D eigenvalue weighted by molar-refractivity contribution is 9.13. The third-order valence-corrected chi connectivity index (χ3v) is 12.0. The Hall–Kier alpha value is 2.88. The van der Waals surface area contributed by atoms with E-state index >= 15 is 0 Å². The Morgan fingerprint density at radius 3 is 0.556 bits per heavy atom. The number of hydrogen-bond acceptors (Lipinski definition) is 0. The summed E-state index contributed by atoms with van der Waals surface area (Å²) in [4.78, 5) is 3.36. The maximum Gasteiger partial charge on any atom is 0.0271 e. The molecule has 0 aromatic carbocycles. The maximum absolute atomic E-state index is 3.82. The third-order valence-electron chi connectivity index (χ3n) is 3.33. The van der Waals surface area contributed by atoms with Gasteiger partial charge in [-0.15, -0.1) is 0 Å². The Balaban J connectivity index is 2.61. The lowest BCUT2D eigenvalue weighted by Crippen LogP contribution is -2.25. The van der Waals surface area contributed by atoms with Crippen molar-refractivity contribution in [1.82, 2.24) is 0 Å². The summed E-state index contributed by atoms with van der Waals surface area (Å²) in [7, 11) is 0. The lowest BCUT2D eigenvalue weighted by Gasteiger charge is -2.25. The Bertz CT molecular complexity index is 175. The van der Waals surface area contributed by atoms with Gasteiger partial charge in [0.15, 0.2) is 0 Å². The molecule has 0 amide bonds. The van der Waals surface area contributed by atoms with Gasteiger partial charge in [0.05, 0.1) is 0 Å². The summed E-state index contributed by atoms with van der Waals surface area (Å²) in [5.74, 6) is 0. The van der Waals surface area contributed by atoms with Crippen molar-refractivity contribution in [2.45, 2.75) is 67.5 Å². The lowest BCUT2D eigenvalue weighted by atomic mass is 11.0. The van der Waals surface area contributed by atoms with E-state index < -0.39 is 0 Å². The normalized spacial score (nSPS) is 45.0. The Morgan fingerprint density at radius 1 is 0.333 bits per heavy atom. The fourth-order valence-corrected chi connectivity index (χ4v) is 5.21. The summed E-state index contributed by atoms with van der Waals surface area (Å²) in [6, 6.07) is 0. The second kappa shape index (κ2) is 9.81. The van der Waals surface area contributed by atoms with Crippen LogP contribution in [0, 0.1) is 0 Å². The van der Waals surface area contributed by atoms with Crippen LogP contribution in [0.5, 0.6) is 0 Å². The average Bonchev–Trinajstić information content (AvgIpc) is 2.36. The predicted octanol–water partition coefficient (Wildman–Crippen LogP) is 6.92. The van der Waals surface area contributed by atoms with Crippen molar-refractivity contribution >= 4 is 95.6 Å². The van der Waals surface area contributed by atoms with Crippen LogP contribution in [0.15, 0.2) is 0 Å². The molecule has 1 aliphatic carbocycles. The van der Waals surface area contributed by atoms with Gasteiger partial charge in [0.2, 0.25) is 0 Å². The van der Waals surface area contributed by atoms with Gasteiger partial charge < -0.3 is 0 Å². The van der Waals surface area contributed by atoms with Crippen LogP contribution in [-0.2, 0) is 0 Å². The summed E-state index contributed by atoms with van der Waals surface area (Å²) < 4.78 is 0. The van der Waals surface area contributed by atoms with Crippen LogP contribution >= 0.6 is 95.6 Å². The SMILES string of the molecule is Br[13C@@H]1[13CH2][13CH2][13C@H](Br)[13C@H](Br)[13CH2][13CH2][13C@@H](Br)[13C@@H](Br)[13CH2][13CH2][13C@H]1Br. The van der Waals surface area contributed by atoms with Gasteiger partial charge in [-0.25, -0.2) is 0 Å². The van der Waals surface area contributed by atoms with Gasteiger partial charge in [0, 0.05) is 29.0 Å². The molecule has 0 spiro atoms. The minimum absolute atomic E-state index is 0.560. The molecule has 0 nitrogen and oxygen atoms in total. The number of rotatable bonds is 0. The molecule has 0 N–H and O–H groups in total. The molecule has 0 bridgehead atoms. The van der Waals surface area contributed by atoms with Gasteiger partial charge in [-0.2, -0.15) is 0 Å². The van der Waals surface area contributed by atoms with Crippen molar-refractivity contribution in [2.75, 3.05) is 0 Å². The molecule has 1 rings (SSSR count). The van der Waals surface area contributed by atoms with Crippen LogP contribution < -0.4 is 0 Å². The van der Waals surface area contributed by atoms with Crippen molar-refractivity contribution in [2.24, 2.45) is 0 Å². The van der Waals surface area contributed by atoms with Crippen molar-refractivity contribution in [3.8, 4) is 0 Å². The monoisotopic (exact) mass is 648 g/mol. The summed E-state index contributed by atoms with van der Waals surface area (Å²) >= 11 is 22.9. The first kappa shape index (κ1) is 18.9. The molecule has 18 heavy (non-hydrogen) atoms. The first-order chi connectivity index (χ1) is 8.41. The van der Waals surface area contributed by atoms with E-state index in [-0.39, 0.29) is 0 Å². The molecular formula is C12H18Br6. The second-order valence-corrected chi connectivity index (χ2v) is 11.9. The van der Waals surface area contributed by atoms with Crippen LogP contribution in [0.4, 0.5) is 0 Å². The van der Waals surface area contributed by atoms with Gasteiger partial charge in [-0.1, -0.05) is 95.6 Å². The summed E-state index contributed by atoms with van der Waals surface area (Å²) in [5, 5.41) is 0. The van der Waals surface area contributed by atoms with E-state index in [1.54, 1.807) is 0 Å². The molecule has 6 atom stereocenters. The Morgan fingerprint density at radius 2 is 0.444 bits per heavy atom. The first-order valence-electron chi connectivity index (χ1n) is 6.26. The van der Waals surface area contributed by atoms with Gasteiger partial charge in [0.1, 0.15) is 0 Å². The molecule has 0 radical (unpaired) electrons. The maximum atomic E-state index is 3.82. The summed E-state index contributed by atoms with van der Waals surface area (Å²) in [5.41, 5.74) is 0. The summed E-state index contributed by atoms with van der Waals surface area (Å²) in [6.07, 6.45) is 7.24. The van der Waals surface area contributed by atoms with Crippen LogP contribution in [0.3, 0.4) is 0 Å². The Kier molecular flexibility index (Phi) is 10.3. The van der Waals surface area contributed by atoms with E-state index in [0.29, 0.717) is 29.0 Å². The highest BCUT2D eigenvalue weighted by Gasteiger charge is 2.25. The van der Waals surface area contributed by atoms with Crippen LogP contribution in [0.25, 0.3) is 0 Å². The zero-order valence-corrected chi connectivity index (χ0v) is 19.5. The molecule has 0 aliphatic heterocycles. The summed E-state index contributed by atoms with van der Waals surface area (Å²) in [6.45, 7) is 0. The second-order valence-electron chi connectivity index (χ2n) is 4.83. The van der Waals surface area contributed by atoms with Crippen LogP contribution in [0.2, 0.25) is 0 Å². The van der Waals surface area contributed by atoms with E-state index in [4.69, 9.17) is 0 Å². The van der Waals surface area contributed by atoms with Crippen molar-refractivity contribution in [1.29, 1.82) is 0 Å². The van der Waals surface area contributed by atoms with E-state index in [0.717, 1.165) is 0 Å². The molecule has 0 unspecified atom stereocenters. The van der Waals surface area contributed by atoms with Crippen LogP contribution in [0.1, 0.15) is 38.5 Å². The fourth-order valence-electron chi connectivity index (χ4n) is 2.04. The molecular weight excluding hydrogens is 635 g/mol. The molecule has 6 heteroatoms.